The van der Waals surface area contributed by atoms with Crippen LogP contribution in [0.5, 0.6) is 17.4 Å². The molecule has 8 heteroatoms. The van der Waals surface area contributed by atoms with Crippen molar-refractivity contribution in [2.75, 3.05) is 12.4 Å². The van der Waals surface area contributed by atoms with Crippen molar-refractivity contribution in [3.8, 4) is 17.4 Å². The Hall–Kier alpha value is -3.68. The molecule has 0 amide bonds. The third-order valence-electron chi connectivity index (χ3n) is 3.90. The number of methoxy groups -OCH3 is 1. The van der Waals surface area contributed by atoms with Crippen LogP contribution >= 0.6 is 0 Å². The molecule has 1 heterocycles. The second-order valence-electron chi connectivity index (χ2n) is 5.52. The van der Waals surface area contributed by atoms with Gasteiger partial charge in [0.15, 0.2) is 11.5 Å². The van der Waals surface area contributed by atoms with Crippen LogP contribution in [0.15, 0.2) is 54.9 Å². The van der Waals surface area contributed by atoms with Crippen molar-refractivity contribution in [3.63, 3.8) is 0 Å². The molecule has 3 rings (SSSR count). The van der Waals surface area contributed by atoms with E-state index >= 15 is 0 Å². The molecule has 0 saturated heterocycles. The first-order valence-corrected chi connectivity index (χ1v) is 8.29. The first-order valence-electron chi connectivity index (χ1n) is 8.29. The summed E-state index contributed by atoms with van der Waals surface area (Å²) in [5.41, 5.74) is 1.40. The van der Waals surface area contributed by atoms with Gasteiger partial charge in [-0.25, -0.2) is 4.98 Å². The molecular weight excluding hydrogens is 348 g/mol. The van der Waals surface area contributed by atoms with Crippen LogP contribution in [0.1, 0.15) is 12.5 Å². The maximum atomic E-state index is 11.7. The topological polar surface area (TPSA) is 99.4 Å². The van der Waals surface area contributed by atoms with E-state index in [-0.39, 0.29) is 17.4 Å². The number of hydrogen-bond acceptors (Lipinski definition) is 7. The zero-order valence-electron chi connectivity index (χ0n) is 14.9. The van der Waals surface area contributed by atoms with Crippen molar-refractivity contribution in [2.24, 2.45) is 0 Å². The Kier molecular flexibility index (Phi) is 5.46. The lowest BCUT2D eigenvalue weighted by Gasteiger charge is -2.12. The molecule has 0 aliphatic rings. The molecule has 0 spiro atoms. The zero-order valence-corrected chi connectivity index (χ0v) is 14.9. The van der Waals surface area contributed by atoms with Gasteiger partial charge in [-0.2, -0.15) is 4.98 Å². The Labute approximate surface area is 156 Å². The summed E-state index contributed by atoms with van der Waals surface area (Å²) in [5.74, 6) is 0.648. The molecule has 8 nitrogen and oxygen atoms in total. The molecule has 0 bridgehead atoms. The van der Waals surface area contributed by atoms with E-state index in [1.54, 1.807) is 24.3 Å². The normalized spacial score (nSPS) is 10.3. The number of nitrogens with one attached hydrogen (secondary N) is 1. The quantitative estimate of drug-likeness (QED) is 0.486. The van der Waals surface area contributed by atoms with Gasteiger partial charge < -0.3 is 14.8 Å². The molecule has 0 atom stereocenters. The summed E-state index contributed by atoms with van der Waals surface area (Å²) in [6, 6.07) is 14.4. The number of aryl methyl sites for hydroxylation is 1. The maximum absolute atomic E-state index is 11.7. The Morgan fingerprint density at radius 1 is 1.07 bits per heavy atom. The summed E-state index contributed by atoms with van der Waals surface area (Å²) in [6.45, 7) is 2.01. The van der Waals surface area contributed by atoms with Crippen LogP contribution in [0.25, 0.3) is 0 Å². The molecule has 2 aromatic carbocycles. The zero-order chi connectivity index (χ0) is 19.2. The molecule has 0 saturated carbocycles. The average Bonchev–Trinajstić information content (AvgIpc) is 2.68. The summed E-state index contributed by atoms with van der Waals surface area (Å²) in [6.07, 6.45) is 1.99. The van der Waals surface area contributed by atoms with Gasteiger partial charge in [-0.1, -0.05) is 37.3 Å². The number of nitrogens with zero attached hydrogens (tertiary/aromatic N) is 3. The lowest BCUT2D eigenvalue weighted by molar-refractivity contribution is -0.385. The van der Waals surface area contributed by atoms with Crippen LogP contribution in [-0.4, -0.2) is 22.0 Å². The van der Waals surface area contributed by atoms with Crippen molar-refractivity contribution in [3.05, 3.63) is 70.5 Å². The van der Waals surface area contributed by atoms with Crippen molar-refractivity contribution in [1.82, 2.24) is 9.97 Å². The maximum Gasteiger partial charge on any atom is 0.373 e. The number of para-hydroxylation sites is 3. The van der Waals surface area contributed by atoms with Gasteiger partial charge in [0.2, 0.25) is 5.82 Å². The molecule has 0 unspecified atom stereocenters. The summed E-state index contributed by atoms with van der Waals surface area (Å²) < 4.78 is 10.9. The van der Waals surface area contributed by atoms with Crippen LogP contribution < -0.4 is 14.8 Å². The molecule has 1 N–H and O–H groups in total. The predicted octanol–water partition coefficient (Wildman–Crippen LogP) is 4.49. The highest BCUT2D eigenvalue weighted by Crippen LogP contribution is 2.38. The molecule has 0 radical (unpaired) electrons. The Balaban J connectivity index is 2.01. The Morgan fingerprint density at radius 3 is 2.48 bits per heavy atom. The van der Waals surface area contributed by atoms with Crippen molar-refractivity contribution in [1.29, 1.82) is 0 Å². The van der Waals surface area contributed by atoms with Crippen LogP contribution in [-0.2, 0) is 6.42 Å². The van der Waals surface area contributed by atoms with E-state index in [4.69, 9.17) is 9.47 Å². The summed E-state index contributed by atoms with van der Waals surface area (Å²) in [5, 5.41) is 14.7. The predicted molar refractivity (Wildman–Crippen MR) is 101 cm³/mol. The SMILES string of the molecule is CCc1ccccc1Nc1ncnc(Oc2ccccc2OC)c1[N+](=O)[O-]. The number of nitro groups is 1. The van der Waals surface area contributed by atoms with Crippen LogP contribution in [0.2, 0.25) is 0 Å². The second-order valence-corrected chi connectivity index (χ2v) is 5.52. The minimum Gasteiger partial charge on any atom is -0.493 e. The summed E-state index contributed by atoms with van der Waals surface area (Å²) in [7, 11) is 1.49. The first-order chi connectivity index (χ1) is 13.1. The third kappa shape index (κ3) is 3.95. The highest BCUT2D eigenvalue weighted by molar-refractivity contribution is 5.70. The highest BCUT2D eigenvalue weighted by atomic mass is 16.6. The molecule has 1 aromatic heterocycles. The van der Waals surface area contributed by atoms with Gasteiger partial charge in [-0.15, -0.1) is 0 Å². The average molecular weight is 366 g/mol. The van der Waals surface area contributed by atoms with E-state index in [9.17, 15) is 10.1 Å². The number of ether oxygens (including phenoxy) is 2. The number of benzene rings is 2. The van der Waals surface area contributed by atoms with Gasteiger partial charge in [-0.3, -0.25) is 10.1 Å². The van der Waals surface area contributed by atoms with Crippen molar-refractivity contribution in [2.45, 2.75) is 13.3 Å². The highest BCUT2D eigenvalue weighted by Gasteiger charge is 2.26. The van der Waals surface area contributed by atoms with E-state index in [0.717, 1.165) is 17.7 Å². The summed E-state index contributed by atoms with van der Waals surface area (Å²) >= 11 is 0. The van der Waals surface area contributed by atoms with E-state index in [0.29, 0.717) is 11.5 Å². The van der Waals surface area contributed by atoms with Gasteiger partial charge in [0.05, 0.1) is 12.0 Å². The van der Waals surface area contributed by atoms with Gasteiger partial charge >= 0.3 is 11.6 Å². The fraction of sp³-hybridized carbons (Fsp3) is 0.158. The fourth-order valence-corrected chi connectivity index (χ4v) is 2.58. The molecule has 0 fully saturated rings. The molecule has 27 heavy (non-hydrogen) atoms. The smallest absolute Gasteiger partial charge is 0.373 e. The lowest BCUT2D eigenvalue weighted by atomic mass is 10.1. The molecule has 138 valence electrons. The largest absolute Gasteiger partial charge is 0.493 e. The van der Waals surface area contributed by atoms with Crippen LogP contribution in [0.3, 0.4) is 0 Å². The van der Waals surface area contributed by atoms with Crippen LogP contribution in [0.4, 0.5) is 17.2 Å². The number of anilines is 2. The first kappa shape index (κ1) is 18.1. The van der Waals surface area contributed by atoms with Crippen molar-refractivity contribution < 1.29 is 14.4 Å². The Bertz CT molecular complexity index is 894. The van der Waals surface area contributed by atoms with Gasteiger partial charge in [-0.05, 0) is 30.2 Å². The second kappa shape index (κ2) is 8.13. The minimum absolute atomic E-state index is 0.0563. The van der Waals surface area contributed by atoms with Gasteiger partial charge in [0, 0.05) is 5.69 Å². The van der Waals surface area contributed by atoms with E-state index in [1.165, 1.54) is 13.4 Å². The minimum atomic E-state index is -0.568. The van der Waals surface area contributed by atoms with Crippen LogP contribution in [0, 0.1) is 10.1 Å². The van der Waals surface area contributed by atoms with Gasteiger partial charge in [0.25, 0.3) is 0 Å². The van der Waals surface area contributed by atoms with E-state index < -0.39 is 4.92 Å². The molecule has 3 aromatic rings. The molecule has 0 aliphatic carbocycles. The fourth-order valence-electron chi connectivity index (χ4n) is 2.58. The third-order valence-corrected chi connectivity index (χ3v) is 3.90. The lowest BCUT2D eigenvalue weighted by Crippen LogP contribution is -2.05. The van der Waals surface area contributed by atoms with E-state index in [2.05, 4.69) is 15.3 Å². The van der Waals surface area contributed by atoms with Gasteiger partial charge in [0.1, 0.15) is 6.33 Å². The molecular formula is C19H18N4O4. The van der Waals surface area contributed by atoms with Crippen molar-refractivity contribution >= 4 is 17.2 Å². The standard InChI is InChI=1S/C19H18N4O4/c1-3-13-8-4-5-9-14(13)22-18-17(23(24)25)19(21-12-20-18)27-16-11-7-6-10-15(16)26-2/h4-12H,3H2,1-2H3,(H,20,21,22). The molecule has 0 aliphatic heterocycles. The monoisotopic (exact) mass is 366 g/mol. The number of hydrogen-bond donors (Lipinski definition) is 1. The van der Waals surface area contributed by atoms with E-state index in [1.807, 2.05) is 31.2 Å². The number of aromatic nitrogens is 2. The summed E-state index contributed by atoms with van der Waals surface area (Å²) in [4.78, 5) is 19.1. The Morgan fingerprint density at radius 2 is 1.78 bits per heavy atom. The number of rotatable bonds is 7.